The average molecular weight is 282 g/mol. The van der Waals surface area contributed by atoms with Crippen LogP contribution in [0.1, 0.15) is 47.0 Å². The number of benzene rings is 1. The van der Waals surface area contributed by atoms with Crippen LogP contribution >= 0.6 is 0 Å². The average Bonchev–Trinajstić information content (AvgIpc) is 2.80. The van der Waals surface area contributed by atoms with Crippen LogP contribution in [0.15, 0.2) is 53.3 Å². The number of allylic oxidation sites excluding steroid dienone is 2. The molecule has 3 rings (SSSR count). The van der Waals surface area contributed by atoms with Gasteiger partial charge < -0.3 is 5.43 Å². The van der Waals surface area contributed by atoms with Crippen LogP contribution < -0.4 is 10.4 Å². The molecule has 0 saturated carbocycles. The minimum Gasteiger partial charge on any atom is -0.302 e. The summed E-state index contributed by atoms with van der Waals surface area (Å²) in [7, 11) is 0. The fraction of sp³-hybridized carbons (Fsp3) is 0.474. The molecule has 1 N–H and O–H groups in total. The van der Waals surface area contributed by atoms with E-state index in [-0.39, 0.29) is 5.41 Å². The van der Waals surface area contributed by atoms with Gasteiger partial charge in [0.25, 0.3) is 0 Å². The van der Waals surface area contributed by atoms with Crippen molar-refractivity contribution in [3.8, 4) is 0 Å². The Morgan fingerprint density at radius 3 is 2.52 bits per heavy atom. The summed E-state index contributed by atoms with van der Waals surface area (Å²) in [5.74, 6) is 0. The third-order valence-electron chi connectivity index (χ3n) is 4.86. The van der Waals surface area contributed by atoms with Crippen LogP contribution in [0, 0.1) is 5.41 Å². The van der Waals surface area contributed by atoms with E-state index in [1.54, 1.807) is 11.1 Å². The first-order chi connectivity index (χ1) is 9.99. The van der Waals surface area contributed by atoms with Crippen LogP contribution in [-0.4, -0.2) is 6.04 Å². The van der Waals surface area contributed by atoms with Crippen molar-refractivity contribution in [3.05, 3.63) is 53.3 Å². The van der Waals surface area contributed by atoms with Gasteiger partial charge in [-0.05, 0) is 62.3 Å². The minimum atomic E-state index is 0.281. The molecule has 1 heterocycles. The SMILES string of the molecule is CC1=CC(C2=C(C)CCCC2(C)C)N(c2ccccc2)N1. The number of nitrogens with one attached hydrogen (secondary N) is 1. The van der Waals surface area contributed by atoms with Gasteiger partial charge >= 0.3 is 0 Å². The van der Waals surface area contributed by atoms with Gasteiger partial charge in [0.1, 0.15) is 0 Å². The van der Waals surface area contributed by atoms with Crippen LogP contribution in [-0.2, 0) is 0 Å². The minimum absolute atomic E-state index is 0.281. The second-order valence-corrected chi connectivity index (χ2v) is 7.04. The molecule has 0 spiro atoms. The number of para-hydroxylation sites is 1. The third-order valence-corrected chi connectivity index (χ3v) is 4.86. The number of anilines is 1. The molecule has 0 bridgehead atoms. The zero-order valence-electron chi connectivity index (χ0n) is 13.6. The second-order valence-electron chi connectivity index (χ2n) is 7.04. The van der Waals surface area contributed by atoms with Crippen molar-refractivity contribution in [1.29, 1.82) is 0 Å². The Morgan fingerprint density at radius 2 is 1.86 bits per heavy atom. The lowest BCUT2D eigenvalue weighted by Gasteiger charge is -2.40. The summed E-state index contributed by atoms with van der Waals surface area (Å²) in [4.78, 5) is 0. The lowest BCUT2D eigenvalue weighted by Crippen LogP contribution is -2.43. The van der Waals surface area contributed by atoms with E-state index < -0.39 is 0 Å². The van der Waals surface area contributed by atoms with E-state index in [1.165, 1.54) is 30.6 Å². The Hall–Kier alpha value is -1.70. The van der Waals surface area contributed by atoms with Crippen LogP contribution in [0.2, 0.25) is 0 Å². The van der Waals surface area contributed by atoms with Gasteiger partial charge in [0, 0.05) is 5.70 Å². The lowest BCUT2D eigenvalue weighted by molar-refractivity contribution is 0.349. The fourth-order valence-corrected chi connectivity index (χ4v) is 3.93. The van der Waals surface area contributed by atoms with Gasteiger partial charge in [-0.15, -0.1) is 0 Å². The molecule has 1 atom stereocenters. The van der Waals surface area contributed by atoms with Crippen molar-refractivity contribution in [2.24, 2.45) is 5.41 Å². The summed E-state index contributed by atoms with van der Waals surface area (Å²) in [5.41, 5.74) is 9.46. The van der Waals surface area contributed by atoms with Gasteiger partial charge in [0.05, 0.1) is 11.7 Å². The molecule has 2 heteroatoms. The van der Waals surface area contributed by atoms with E-state index in [1.807, 2.05) is 0 Å². The van der Waals surface area contributed by atoms with E-state index in [2.05, 4.69) is 74.5 Å². The van der Waals surface area contributed by atoms with Crippen molar-refractivity contribution in [2.75, 3.05) is 5.01 Å². The predicted molar refractivity (Wildman–Crippen MR) is 89.9 cm³/mol. The van der Waals surface area contributed by atoms with E-state index in [0.717, 1.165) is 0 Å². The van der Waals surface area contributed by atoms with Crippen molar-refractivity contribution in [3.63, 3.8) is 0 Å². The molecular weight excluding hydrogens is 256 g/mol. The Bertz CT molecular complexity index is 581. The first-order valence-electron chi connectivity index (χ1n) is 7.98. The summed E-state index contributed by atoms with van der Waals surface area (Å²) >= 11 is 0. The first kappa shape index (κ1) is 14.2. The van der Waals surface area contributed by atoms with Gasteiger partial charge in [0.2, 0.25) is 0 Å². The van der Waals surface area contributed by atoms with Gasteiger partial charge in [0.15, 0.2) is 0 Å². The van der Waals surface area contributed by atoms with Crippen molar-refractivity contribution in [1.82, 2.24) is 5.43 Å². The highest BCUT2D eigenvalue weighted by Gasteiger charge is 2.37. The maximum atomic E-state index is 3.54. The number of rotatable bonds is 2. The third kappa shape index (κ3) is 2.59. The second kappa shape index (κ2) is 5.25. The van der Waals surface area contributed by atoms with Crippen LogP contribution in [0.5, 0.6) is 0 Å². The van der Waals surface area contributed by atoms with E-state index in [9.17, 15) is 0 Å². The quantitative estimate of drug-likeness (QED) is 0.783. The molecule has 1 aromatic carbocycles. The topological polar surface area (TPSA) is 15.3 Å². The summed E-state index contributed by atoms with van der Waals surface area (Å²) in [5, 5.41) is 2.32. The molecule has 1 unspecified atom stereocenters. The van der Waals surface area contributed by atoms with Gasteiger partial charge in [-0.3, -0.25) is 5.01 Å². The molecule has 21 heavy (non-hydrogen) atoms. The maximum Gasteiger partial charge on any atom is 0.0922 e. The highest BCUT2D eigenvalue weighted by molar-refractivity contribution is 5.54. The highest BCUT2D eigenvalue weighted by atomic mass is 15.5. The molecule has 1 aromatic rings. The largest absolute Gasteiger partial charge is 0.302 e. The van der Waals surface area contributed by atoms with Crippen molar-refractivity contribution in [2.45, 2.75) is 53.0 Å². The molecule has 0 aromatic heterocycles. The molecule has 2 aliphatic rings. The normalized spacial score (nSPS) is 24.9. The number of hydrazine groups is 1. The summed E-state index contributed by atoms with van der Waals surface area (Å²) < 4.78 is 0. The molecule has 0 saturated heterocycles. The van der Waals surface area contributed by atoms with Crippen molar-refractivity contribution < 1.29 is 0 Å². The van der Waals surface area contributed by atoms with E-state index in [0.29, 0.717) is 6.04 Å². The molecule has 0 fully saturated rings. The monoisotopic (exact) mass is 282 g/mol. The molecule has 0 amide bonds. The standard InChI is InChI=1S/C19H26N2/c1-14-9-8-12-19(3,4)18(14)17-13-15(2)20-21(17)16-10-6-5-7-11-16/h5-7,10-11,13,17,20H,8-9,12H2,1-4H3. The van der Waals surface area contributed by atoms with E-state index in [4.69, 9.17) is 0 Å². The molecule has 1 aliphatic carbocycles. The number of hydrogen-bond donors (Lipinski definition) is 1. The smallest absolute Gasteiger partial charge is 0.0922 e. The molecule has 1 aliphatic heterocycles. The lowest BCUT2D eigenvalue weighted by atomic mass is 9.70. The van der Waals surface area contributed by atoms with Crippen LogP contribution in [0.4, 0.5) is 5.69 Å². The van der Waals surface area contributed by atoms with Crippen LogP contribution in [0.3, 0.4) is 0 Å². The highest BCUT2D eigenvalue weighted by Crippen LogP contribution is 2.44. The van der Waals surface area contributed by atoms with Gasteiger partial charge in [-0.25, -0.2) is 0 Å². The maximum absolute atomic E-state index is 3.54. The van der Waals surface area contributed by atoms with E-state index >= 15 is 0 Å². The summed E-state index contributed by atoms with van der Waals surface area (Å²) in [6.07, 6.45) is 6.21. The predicted octanol–water partition coefficient (Wildman–Crippen LogP) is 4.81. The Balaban J connectivity index is 2.02. The molecule has 0 radical (unpaired) electrons. The first-order valence-corrected chi connectivity index (χ1v) is 7.98. The summed E-state index contributed by atoms with van der Waals surface area (Å²) in [6.45, 7) is 9.27. The molecule has 112 valence electrons. The molecular formula is C19H26N2. The van der Waals surface area contributed by atoms with Gasteiger partial charge in [-0.1, -0.05) is 37.6 Å². The zero-order chi connectivity index (χ0) is 15.0. The Morgan fingerprint density at radius 1 is 1.14 bits per heavy atom. The Labute approximate surface area is 128 Å². The Kier molecular flexibility index (Phi) is 3.56. The summed E-state index contributed by atoms with van der Waals surface area (Å²) in [6, 6.07) is 11.0. The number of nitrogens with zero attached hydrogens (tertiary/aromatic N) is 1. The number of hydrogen-bond acceptors (Lipinski definition) is 2. The van der Waals surface area contributed by atoms with Crippen molar-refractivity contribution >= 4 is 5.69 Å². The molecule has 2 nitrogen and oxygen atoms in total. The fourth-order valence-electron chi connectivity index (χ4n) is 3.93. The van der Waals surface area contributed by atoms with Crippen LogP contribution in [0.25, 0.3) is 0 Å². The zero-order valence-corrected chi connectivity index (χ0v) is 13.6. The van der Waals surface area contributed by atoms with Gasteiger partial charge in [-0.2, -0.15) is 0 Å².